The summed E-state index contributed by atoms with van der Waals surface area (Å²) in [4.78, 5) is 27.5. The Morgan fingerprint density at radius 3 is 2.42 bits per heavy atom. The Bertz CT molecular complexity index is 817. The third-order valence-electron chi connectivity index (χ3n) is 2.66. The molecule has 0 spiro atoms. The van der Waals surface area contributed by atoms with Crippen LogP contribution in [0.2, 0.25) is 20.2 Å². The largest absolute Gasteiger partial charge is 0.451 e. The zero-order valence-electron chi connectivity index (χ0n) is 11.6. The summed E-state index contributed by atoms with van der Waals surface area (Å²) in [5.74, 6) is -1.50. The normalized spacial score (nSPS) is 10.4. The molecule has 0 aliphatic rings. The Balaban J connectivity index is 2.04. The lowest BCUT2D eigenvalue weighted by Gasteiger charge is -2.09. The highest BCUT2D eigenvalue weighted by molar-refractivity contribution is 9.10. The Hall–Kier alpha value is -1.05. The van der Waals surface area contributed by atoms with Crippen molar-refractivity contribution < 1.29 is 14.3 Å². The van der Waals surface area contributed by atoms with E-state index in [2.05, 4.69) is 26.2 Å². The topological polar surface area (TPSA) is 68.3 Å². The van der Waals surface area contributed by atoms with Gasteiger partial charge >= 0.3 is 5.97 Å². The summed E-state index contributed by atoms with van der Waals surface area (Å²) in [6.45, 7) is -0.546. The summed E-state index contributed by atoms with van der Waals surface area (Å²) in [6, 6.07) is 6.97. The number of amides is 1. The molecular weight excluding hydrogens is 466 g/mol. The number of nitrogens with one attached hydrogen (secondary N) is 1. The lowest BCUT2D eigenvalue weighted by molar-refractivity contribution is -0.119. The van der Waals surface area contributed by atoms with Gasteiger partial charge in [0.15, 0.2) is 12.3 Å². The summed E-state index contributed by atoms with van der Waals surface area (Å²) in [7, 11) is 0. The number of para-hydroxylation sites is 1. The van der Waals surface area contributed by atoms with Crippen molar-refractivity contribution in [1.29, 1.82) is 0 Å². The quantitative estimate of drug-likeness (QED) is 0.487. The summed E-state index contributed by atoms with van der Waals surface area (Å²) in [5.41, 5.74) is 0.206. The Morgan fingerprint density at radius 1 is 1.08 bits per heavy atom. The third-order valence-corrected chi connectivity index (χ3v) is 5.03. The van der Waals surface area contributed by atoms with Crippen molar-refractivity contribution in [2.75, 3.05) is 11.9 Å². The number of pyridine rings is 1. The number of hydrogen-bond donors (Lipinski definition) is 1. The second-order valence-corrected chi connectivity index (χ2v) is 6.64. The van der Waals surface area contributed by atoms with Crippen LogP contribution in [-0.4, -0.2) is 23.5 Å². The highest BCUT2D eigenvalue weighted by Gasteiger charge is 2.22. The van der Waals surface area contributed by atoms with Crippen LogP contribution in [0.3, 0.4) is 0 Å². The molecule has 0 atom stereocenters. The number of anilines is 1. The molecule has 0 saturated heterocycles. The number of benzene rings is 1. The molecule has 10 heteroatoms. The van der Waals surface area contributed by atoms with Gasteiger partial charge in [-0.1, -0.05) is 58.5 Å². The van der Waals surface area contributed by atoms with Crippen LogP contribution in [0.1, 0.15) is 10.5 Å². The number of rotatable bonds is 4. The first-order valence-electron chi connectivity index (χ1n) is 6.22. The first kappa shape index (κ1) is 19.3. The molecule has 0 aliphatic heterocycles. The van der Waals surface area contributed by atoms with E-state index in [-0.39, 0.29) is 25.9 Å². The van der Waals surface area contributed by atoms with Crippen molar-refractivity contribution >= 4 is 79.9 Å². The number of carbonyl (C=O) groups excluding carboxylic acids is 2. The van der Waals surface area contributed by atoms with Crippen LogP contribution in [0.5, 0.6) is 0 Å². The lowest BCUT2D eigenvalue weighted by Crippen LogP contribution is -2.21. The molecule has 0 fully saturated rings. The van der Waals surface area contributed by atoms with E-state index in [4.69, 9.17) is 51.1 Å². The fraction of sp³-hybridized carbons (Fsp3) is 0.0714. The van der Waals surface area contributed by atoms with Gasteiger partial charge in [-0.3, -0.25) is 4.79 Å². The zero-order valence-corrected chi connectivity index (χ0v) is 16.2. The van der Waals surface area contributed by atoms with E-state index in [9.17, 15) is 9.59 Å². The first-order chi connectivity index (χ1) is 11.3. The van der Waals surface area contributed by atoms with Gasteiger partial charge in [0.05, 0.1) is 20.8 Å². The van der Waals surface area contributed by atoms with Crippen LogP contribution in [-0.2, 0) is 9.53 Å². The second kappa shape index (κ2) is 8.36. The van der Waals surface area contributed by atoms with Crippen molar-refractivity contribution in [3.63, 3.8) is 0 Å². The molecule has 5 nitrogen and oxygen atoms in total. The molecule has 126 valence electrons. The van der Waals surface area contributed by atoms with Gasteiger partial charge in [0.1, 0.15) is 5.15 Å². The average molecular weight is 473 g/mol. The van der Waals surface area contributed by atoms with Crippen LogP contribution >= 0.6 is 62.3 Å². The third kappa shape index (κ3) is 4.52. The number of aromatic nitrogens is 1. The number of nitrogens with zero attached hydrogens (tertiary/aromatic N) is 1. The van der Waals surface area contributed by atoms with Crippen molar-refractivity contribution in [2.45, 2.75) is 0 Å². The van der Waals surface area contributed by atoms with E-state index >= 15 is 0 Å². The molecule has 2 rings (SSSR count). The second-order valence-electron chi connectivity index (χ2n) is 4.30. The first-order valence-corrected chi connectivity index (χ1v) is 8.53. The number of halogens is 5. The van der Waals surface area contributed by atoms with Gasteiger partial charge in [0, 0.05) is 4.47 Å². The number of hydrogen-bond acceptors (Lipinski definition) is 4. The lowest BCUT2D eigenvalue weighted by atomic mass is 10.3. The van der Waals surface area contributed by atoms with Crippen molar-refractivity contribution in [3.05, 3.63) is 54.7 Å². The van der Waals surface area contributed by atoms with Gasteiger partial charge in [0.2, 0.25) is 0 Å². The molecule has 0 unspecified atom stereocenters. The fourth-order valence-corrected chi connectivity index (χ4v) is 2.76. The van der Waals surface area contributed by atoms with Gasteiger partial charge in [-0.2, -0.15) is 0 Å². The fourth-order valence-electron chi connectivity index (χ4n) is 1.57. The summed E-state index contributed by atoms with van der Waals surface area (Å²) in [6.07, 6.45) is 0. The maximum atomic E-state index is 12.0. The van der Waals surface area contributed by atoms with Crippen molar-refractivity contribution in [2.24, 2.45) is 0 Å². The minimum Gasteiger partial charge on any atom is -0.451 e. The molecule has 0 saturated carbocycles. The minimum atomic E-state index is -0.956. The molecule has 2 aromatic rings. The summed E-state index contributed by atoms with van der Waals surface area (Å²) >= 11 is 26.5. The minimum absolute atomic E-state index is 0.0773. The predicted molar refractivity (Wildman–Crippen MR) is 97.3 cm³/mol. The maximum Gasteiger partial charge on any atom is 0.359 e. The highest BCUT2D eigenvalue weighted by atomic mass is 79.9. The van der Waals surface area contributed by atoms with E-state index in [0.29, 0.717) is 10.2 Å². The molecular formula is C14H7BrCl4N2O3. The summed E-state index contributed by atoms with van der Waals surface area (Å²) < 4.78 is 5.54. The van der Waals surface area contributed by atoms with E-state index in [0.717, 1.165) is 0 Å². The van der Waals surface area contributed by atoms with Crippen LogP contribution in [0, 0.1) is 0 Å². The van der Waals surface area contributed by atoms with E-state index in [1.807, 2.05) is 0 Å². The number of carbonyl (C=O) groups is 2. The van der Waals surface area contributed by atoms with Crippen LogP contribution in [0.25, 0.3) is 0 Å². The SMILES string of the molecule is O=C(COC(=O)c1nc(Cl)c(Cl)c(Cl)c1Cl)Nc1ccccc1Br. The van der Waals surface area contributed by atoms with Crippen LogP contribution < -0.4 is 5.32 Å². The standard InChI is InChI=1S/C14H7BrCl4N2O3/c15-6-3-1-2-4-7(6)20-8(22)5-24-14(23)12-10(17)9(16)11(18)13(19)21-12/h1-4H,5H2,(H,20,22). The highest BCUT2D eigenvalue weighted by Crippen LogP contribution is 2.36. The maximum absolute atomic E-state index is 12.0. The van der Waals surface area contributed by atoms with Gasteiger partial charge in [-0.25, -0.2) is 9.78 Å². The van der Waals surface area contributed by atoms with Crippen molar-refractivity contribution in [3.8, 4) is 0 Å². The number of esters is 1. The Labute approximate surface area is 165 Å². The van der Waals surface area contributed by atoms with Gasteiger partial charge in [-0.05, 0) is 28.1 Å². The van der Waals surface area contributed by atoms with E-state index in [1.54, 1.807) is 24.3 Å². The number of ether oxygens (including phenoxy) is 1. The summed E-state index contributed by atoms with van der Waals surface area (Å²) in [5, 5.41) is 1.97. The molecule has 1 aromatic heterocycles. The smallest absolute Gasteiger partial charge is 0.359 e. The molecule has 1 amide bonds. The van der Waals surface area contributed by atoms with Gasteiger partial charge in [0.25, 0.3) is 5.91 Å². The Kier molecular flexibility index (Phi) is 6.71. The molecule has 0 radical (unpaired) electrons. The van der Waals surface area contributed by atoms with Crippen LogP contribution in [0.4, 0.5) is 5.69 Å². The average Bonchev–Trinajstić information content (AvgIpc) is 2.56. The van der Waals surface area contributed by atoms with Crippen molar-refractivity contribution in [1.82, 2.24) is 4.98 Å². The molecule has 1 heterocycles. The monoisotopic (exact) mass is 470 g/mol. The predicted octanol–water partition coefficient (Wildman–Crippen LogP) is 5.25. The van der Waals surface area contributed by atoms with Crippen LogP contribution in [0.15, 0.2) is 28.7 Å². The zero-order chi connectivity index (χ0) is 17.9. The van der Waals surface area contributed by atoms with Gasteiger partial charge in [-0.15, -0.1) is 0 Å². The van der Waals surface area contributed by atoms with E-state index in [1.165, 1.54) is 0 Å². The molecule has 0 aliphatic carbocycles. The Morgan fingerprint density at radius 2 is 1.75 bits per heavy atom. The van der Waals surface area contributed by atoms with E-state index < -0.39 is 18.5 Å². The molecule has 1 aromatic carbocycles. The van der Waals surface area contributed by atoms with Gasteiger partial charge < -0.3 is 10.1 Å². The molecule has 24 heavy (non-hydrogen) atoms. The molecule has 1 N–H and O–H groups in total. The molecule has 0 bridgehead atoms.